The number of benzene rings is 2. The predicted molar refractivity (Wildman–Crippen MR) is 120 cm³/mol. The third-order valence-corrected chi connectivity index (χ3v) is 6.48. The number of aromatic nitrogens is 5. The van der Waals surface area contributed by atoms with Crippen LogP contribution in [-0.2, 0) is 13.2 Å². The van der Waals surface area contributed by atoms with Gasteiger partial charge < -0.3 is 9.88 Å². The van der Waals surface area contributed by atoms with Crippen LogP contribution in [0.2, 0.25) is 0 Å². The number of aryl methyl sites for hydroxylation is 1. The van der Waals surface area contributed by atoms with Crippen molar-refractivity contribution in [3.63, 3.8) is 0 Å². The topological polar surface area (TPSA) is 77.6 Å². The van der Waals surface area contributed by atoms with Gasteiger partial charge >= 0.3 is 6.18 Å². The molecule has 1 N–H and O–H groups in total. The first kappa shape index (κ1) is 22.2. The number of rotatable bonds is 6. The van der Waals surface area contributed by atoms with Crippen molar-refractivity contribution in [1.82, 2.24) is 24.5 Å². The highest BCUT2D eigenvalue weighted by molar-refractivity contribution is 7.99. The fraction of sp³-hybridized carbons (Fsp3) is 0.217. The third kappa shape index (κ3) is 4.56. The van der Waals surface area contributed by atoms with E-state index in [1.165, 1.54) is 28.7 Å². The van der Waals surface area contributed by atoms with E-state index < -0.39 is 11.7 Å². The van der Waals surface area contributed by atoms with Crippen molar-refractivity contribution in [1.29, 1.82) is 0 Å². The van der Waals surface area contributed by atoms with Gasteiger partial charge in [0.2, 0.25) is 0 Å². The summed E-state index contributed by atoms with van der Waals surface area (Å²) < 4.78 is 42.8. The van der Waals surface area contributed by atoms with Gasteiger partial charge in [-0.1, -0.05) is 6.07 Å². The molecule has 11 heteroatoms. The van der Waals surface area contributed by atoms with Crippen LogP contribution in [0.3, 0.4) is 0 Å². The average molecular weight is 485 g/mol. The first-order chi connectivity index (χ1) is 16.3. The molecule has 4 aromatic rings. The maximum Gasteiger partial charge on any atom is 0.416 e. The maximum atomic E-state index is 13.2. The second-order valence-electron chi connectivity index (χ2n) is 7.98. The summed E-state index contributed by atoms with van der Waals surface area (Å²) in [4.78, 5) is 14.0. The van der Waals surface area contributed by atoms with E-state index in [0.29, 0.717) is 16.9 Å². The van der Waals surface area contributed by atoms with E-state index in [0.717, 1.165) is 35.0 Å². The molecule has 0 unspecified atom stereocenters. The van der Waals surface area contributed by atoms with Gasteiger partial charge in [0.05, 0.1) is 28.7 Å². The molecule has 7 nitrogen and oxygen atoms in total. The minimum atomic E-state index is -4.46. The molecule has 2 aromatic heterocycles. The van der Waals surface area contributed by atoms with Crippen molar-refractivity contribution >= 4 is 23.4 Å². The molecule has 1 aliphatic rings. The summed E-state index contributed by atoms with van der Waals surface area (Å²) in [6.07, 6.45) is 0.299. The molecular weight excluding hydrogens is 465 g/mol. The monoisotopic (exact) mass is 484 g/mol. The Hall–Kier alpha value is -3.60. The van der Waals surface area contributed by atoms with Gasteiger partial charge in [-0.3, -0.25) is 4.79 Å². The molecular formula is C23H19F3N6OS. The van der Waals surface area contributed by atoms with E-state index in [2.05, 4.69) is 20.6 Å². The van der Waals surface area contributed by atoms with Crippen LogP contribution in [0.15, 0.2) is 71.1 Å². The van der Waals surface area contributed by atoms with Crippen LogP contribution in [0.4, 0.5) is 18.9 Å². The molecule has 0 saturated heterocycles. The third-order valence-electron chi connectivity index (χ3n) is 5.42. The van der Waals surface area contributed by atoms with Crippen molar-refractivity contribution in [2.75, 3.05) is 5.32 Å². The molecule has 0 atom stereocenters. The summed E-state index contributed by atoms with van der Waals surface area (Å²) >= 11 is 1.45. The number of carbonyl (C=O) groups is 1. The molecule has 1 saturated carbocycles. The second kappa shape index (κ2) is 8.64. The van der Waals surface area contributed by atoms with E-state index in [1.54, 1.807) is 24.5 Å². The maximum absolute atomic E-state index is 13.2. The first-order valence-electron chi connectivity index (χ1n) is 10.5. The highest BCUT2D eigenvalue weighted by Crippen LogP contribution is 2.43. The zero-order valence-electron chi connectivity index (χ0n) is 18.0. The fourth-order valence-electron chi connectivity index (χ4n) is 3.58. The van der Waals surface area contributed by atoms with Crippen molar-refractivity contribution in [3.05, 3.63) is 77.9 Å². The second-order valence-corrected chi connectivity index (χ2v) is 9.02. The zero-order chi connectivity index (χ0) is 23.9. The average Bonchev–Trinajstić information content (AvgIpc) is 3.42. The molecule has 5 rings (SSSR count). The molecule has 1 fully saturated rings. The van der Waals surface area contributed by atoms with Crippen molar-refractivity contribution in [2.24, 2.45) is 7.05 Å². The Bertz CT molecular complexity index is 1340. The molecule has 2 aromatic carbocycles. The van der Waals surface area contributed by atoms with Gasteiger partial charge in [0, 0.05) is 23.5 Å². The van der Waals surface area contributed by atoms with Crippen molar-refractivity contribution in [2.45, 2.75) is 35.0 Å². The van der Waals surface area contributed by atoms with E-state index in [-0.39, 0.29) is 17.5 Å². The fourth-order valence-corrected chi connectivity index (χ4v) is 4.34. The number of nitrogens with one attached hydrogen (secondary N) is 1. The predicted octanol–water partition coefficient (Wildman–Crippen LogP) is 5.30. The Kier molecular flexibility index (Phi) is 5.64. The minimum absolute atomic E-state index is 0.0861. The van der Waals surface area contributed by atoms with E-state index in [9.17, 15) is 18.0 Å². The van der Waals surface area contributed by atoms with Gasteiger partial charge in [0.1, 0.15) is 6.33 Å². The minimum Gasteiger partial charge on any atom is -0.322 e. The van der Waals surface area contributed by atoms with Gasteiger partial charge in [-0.2, -0.15) is 18.3 Å². The Balaban J connectivity index is 1.37. The van der Waals surface area contributed by atoms with E-state index >= 15 is 0 Å². The lowest BCUT2D eigenvalue weighted by molar-refractivity contribution is -0.137. The van der Waals surface area contributed by atoms with Crippen LogP contribution in [0.5, 0.6) is 0 Å². The van der Waals surface area contributed by atoms with Crippen LogP contribution in [0.1, 0.15) is 40.4 Å². The van der Waals surface area contributed by atoms with Crippen LogP contribution >= 0.6 is 11.8 Å². The quantitative estimate of drug-likeness (QED) is 0.402. The normalized spacial score (nSPS) is 13.8. The summed E-state index contributed by atoms with van der Waals surface area (Å²) in [6, 6.07) is 12.3. The summed E-state index contributed by atoms with van der Waals surface area (Å²) in [6.45, 7) is 0. The van der Waals surface area contributed by atoms with E-state index in [4.69, 9.17) is 0 Å². The molecule has 0 bridgehead atoms. The first-order valence-corrected chi connectivity index (χ1v) is 11.3. The summed E-state index contributed by atoms with van der Waals surface area (Å²) in [7, 11) is 1.86. The molecule has 174 valence electrons. The smallest absolute Gasteiger partial charge is 0.322 e. The number of alkyl halides is 3. The van der Waals surface area contributed by atoms with Gasteiger partial charge in [0.25, 0.3) is 5.91 Å². The Morgan fingerprint density at radius 2 is 1.91 bits per heavy atom. The molecule has 0 spiro atoms. The SMILES string of the molecule is Cn1cnnc1Sc1ccc(NC(=O)c2cnn(-c3cccc(C(F)(F)F)c3)c2C2CC2)cc1. The molecule has 1 amide bonds. The molecule has 34 heavy (non-hydrogen) atoms. The standard InChI is InChI=1S/C23H19F3N6OS/c1-31-13-27-30-22(31)34-18-9-7-16(8-10-18)29-21(33)19-12-28-32(20(19)14-5-6-14)17-4-2-3-15(11-17)23(24,25)26/h2-4,7-14H,5-6H2,1H3,(H,29,33). The lowest BCUT2D eigenvalue weighted by Crippen LogP contribution is -2.14. The molecule has 2 heterocycles. The van der Waals surface area contributed by atoms with E-state index in [1.807, 2.05) is 23.7 Å². The number of carbonyl (C=O) groups excluding carboxylic acids is 1. The lowest BCUT2D eigenvalue weighted by atomic mass is 10.1. The number of nitrogens with zero attached hydrogens (tertiary/aromatic N) is 5. The molecule has 1 aliphatic carbocycles. The summed E-state index contributed by atoms with van der Waals surface area (Å²) in [5.74, 6) is -0.267. The Labute approximate surface area is 197 Å². The number of hydrogen-bond acceptors (Lipinski definition) is 5. The van der Waals surface area contributed by atoms with Crippen molar-refractivity contribution in [3.8, 4) is 5.69 Å². The van der Waals surface area contributed by atoms with Crippen LogP contribution in [0.25, 0.3) is 5.69 Å². The number of halogens is 3. The lowest BCUT2D eigenvalue weighted by Gasteiger charge is -2.12. The molecule has 0 radical (unpaired) electrons. The van der Waals surface area contributed by atoms with Crippen molar-refractivity contribution < 1.29 is 18.0 Å². The number of amides is 1. The Morgan fingerprint density at radius 1 is 1.15 bits per heavy atom. The van der Waals surface area contributed by atoms with Gasteiger partial charge in [0.15, 0.2) is 5.16 Å². The highest BCUT2D eigenvalue weighted by Gasteiger charge is 2.34. The Morgan fingerprint density at radius 3 is 2.56 bits per heavy atom. The molecule has 0 aliphatic heterocycles. The van der Waals surface area contributed by atoms with Crippen LogP contribution < -0.4 is 5.32 Å². The summed E-state index contributed by atoms with van der Waals surface area (Å²) in [5, 5.41) is 15.8. The van der Waals surface area contributed by atoms with Gasteiger partial charge in [-0.05, 0) is 67.1 Å². The largest absolute Gasteiger partial charge is 0.416 e. The number of hydrogen-bond donors (Lipinski definition) is 1. The number of anilines is 1. The van der Waals surface area contributed by atoms with Crippen LogP contribution in [0, 0.1) is 0 Å². The van der Waals surface area contributed by atoms with Crippen LogP contribution in [-0.4, -0.2) is 30.5 Å². The van der Waals surface area contributed by atoms with Gasteiger partial charge in [-0.25, -0.2) is 4.68 Å². The van der Waals surface area contributed by atoms with Gasteiger partial charge in [-0.15, -0.1) is 10.2 Å². The highest BCUT2D eigenvalue weighted by atomic mass is 32.2. The zero-order valence-corrected chi connectivity index (χ0v) is 18.8. The summed E-state index contributed by atoms with van der Waals surface area (Å²) in [5.41, 5.74) is 1.11.